The van der Waals surface area contributed by atoms with Crippen molar-refractivity contribution in [3.05, 3.63) is 0 Å². The predicted octanol–water partition coefficient (Wildman–Crippen LogP) is -0.102. The van der Waals surface area contributed by atoms with Crippen molar-refractivity contribution in [3.63, 3.8) is 0 Å². The van der Waals surface area contributed by atoms with Crippen molar-refractivity contribution in [2.45, 2.75) is 32.4 Å². The molecule has 0 saturated carbocycles. The quantitative estimate of drug-likeness (QED) is 0.475. The zero-order valence-corrected chi connectivity index (χ0v) is 8.82. The molecule has 5 nitrogen and oxygen atoms in total. The summed E-state index contributed by atoms with van der Waals surface area (Å²) in [5.41, 5.74) is 5.53. The topological polar surface area (TPSA) is 104 Å². The van der Waals surface area contributed by atoms with E-state index in [1.807, 2.05) is 13.8 Å². The molecule has 0 aliphatic carbocycles. The van der Waals surface area contributed by atoms with E-state index in [1.165, 1.54) is 0 Å². The molecule has 0 aromatic heterocycles. The second kappa shape index (κ2) is 5.08. The molecule has 0 unspecified atom stereocenters. The van der Waals surface area contributed by atoms with Gasteiger partial charge in [0.2, 0.25) is 0 Å². The highest BCUT2D eigenvalue weighted by Gasteiger charge is 2.24. The summed E-state index contributed by atoms with van der Waals surface area (Å²) in [5, 5.41) is 9.28. The van der Waals surface area contributed by atoms with Gasteiger partial charge in [-0.3, -0.25) is 4.57 Å². The number of aliphatic hydroxyl groups excluding tert-OH is 1. The van der Waals surface area contributed by atoms with Crippen LogP contribution in [0, 0.1) is 5.92 Å². The van der Waals surface area contributed by atoms with Crippen molar-refractivity contribution in [1.29, 1.82) is 0 Å². The summed E-state index contributed by atoms with van der Waals surface area (Å²) in [6.45, 7) is 3.87. The maximum atomic E-state index is 10.5. The first-order valence-electron chi connectivity index (χ1n) is 4.20. The van der Waals surface area contributed by atoms with Gasteiger partial charge >= 0.3 is 7.60 Å². The second-order valence-corrected chi connectivity index (χ2v) is 5.40. The molecule has 0 amide bonds. The van der Waals surface area contributed by atoms with E-state index in [4.69, 9.17) is 15.5 Å². The third-order valence-corrected chi connectivity index (χ3v) is 2.51. The molecule has 0 aliphatic rings. The zero-order chi connectivity index (χ0) is 10.6. The van der Waals surface area contributed by atoms with Crippen molar-refractivity contribution in [2.75, 3.05) is 6.16 Å². The highest BCUT2D eigenvalue weighted by atomic mass is 31.2. The Labute approximate surface area is 78.1 Å². The van der Waals surface area contributed by atoms with Gasteiger partial charge in [0.25, 0.3) is 0 Å². The van der Waals surface area contributed by atoms with Crippen LogP contribution in [0.25, 0.3) is 0 Å². The maximum Gasteiger partial charge on any atom is 0.328 e. The highest BCUT2D eigenvalue weighted by Crippen LogP contribution is 2.35. The van der Waals surface area contributed by atoms with E-state index < -0.39 is 25.9 Å². The van der Waals surface area contributed by atoms with Gasteiger partial charge in [0.1, 0.15) is 0 Å². The molecule has 0 saturated heterocycles. The Balaban J connectivity index is 3.96. The molecule has 0 bridgehead atoms. The van der Waals surface area contributed by atoms with Crippen molar-refractivity contribution in [1.82, 2.24) is 0 Å². The first-order valence-corrected chi connectivity index (χ1v) is 6.00. The number of rotatable bonds is 5. The summed E-state index contributed by atoms with van der Waals surface area (Å²) >= 11 is 0. The molecule has 0 aromatic carbocycles. The molecule has 6 heteroatoms. The lowest BCUT2D eigenvalue weighted by molar-refractivity contribution is 0.148. The van der Waals surface area contributed by atoms with Crippen molar-refractivity contribution in [3.8, 4) is 0 Å². The number of aliphatic hydroxyl groups is 1. The predicted molar refractivity (Wildman–Crippen MR) is 50.3 cm³/mol. The number of nitrogens with two attached hydrogens (primary N) is 1. The van der Waals surface area contributed by atoms with E-state index in [2.05, 4.69) is 0 Å². The molecule has 0 spiro atoms. The zero-order valence-electron chi connectivity index (χ0n) is 7.92. The minimum Gasteiger partial charge on any atom is -0.391 e. The number of hydrogen-bond donors (Lipinski definition) is 4. The molecule has 0 radical (unpaired) electrons. The lowest BCUT2D eigenvalue weighted by Crippen LogP contribution is -2.38. The van der Waals surface area contributed by atoms with Gasteiger partial charge in [-0.1, -0.05) is 13.8 Å². The molecule has 0 aromatic rings. The summed E-state index contributed by atoms with van der Waals surface area (Å²) in [6.07, 6.45) is -1.12. The van der Waals surface area contributed by atoms with E-state index in [1.54, 1.807) is 0 Å². The van der Waals surface area contributed by atoms with Crippen LogP contribution in [0.5, 0.6) is 0 Å². The van der Waals surface area contributed by atoms with Crippen LogP contribution in [0.3, 0.4) is 0 Å². The monoisotopic (exact) mass is 211 g/mol. The fourth-order valence-corrected chi connectivity index (χ4v) is 1.84. The first kappa shape index (κ1) is 13.1. The van der Waals surface area contributed by atoms with Crippen LogP contribution in [-0.4, -0.2) is 33.2 Å². The molecule has 0 heterocycles. The van der Waals surface area contributed by atoms with Crippen LogP contribution in [-0.2, 0) is 4.57 Å². The summed E-state index contributed by atoms with van der Waals surface area (Å²) in [5.74, 6) is 0.307. The molecule has 0 rings (SSSR count). The van der Waals surface area contributed by atoms with Gasteiger partial charge < -0.3 is 20.6 Å². The van der Waals surface area contributed by atoms with Crippen LogP contribution in [0.1, 0.15) is 20.3 Å². The van der Waals surface area contributed by atoms with Crippen LogP contribution in [0.15, 0.2) is 0 Å². The normalized spacial score (nSPS) is 17.5. The number of hydrogen-bond acceptors (Lipinski definition) is 3. The third-order valence-electron chi connectivity index (χ3n) is 1.66. The van der Waals surface area contributed by atoms with Gasteiger partial charge in [0, 0.05) is 6.04 Å². The Bertz CT molecular complexity index is 191. The average molecular weight is 211 g/mol. The summed E-state index contributed by atoms with van der Waals surface area (Å²) in [7, 11) is -4.15. The molecular weight excluding hydrogens is 193 g/mol. The van der Waals surface area contributed by atoms with Crippen molar-refractivity contribution in [2.24, 2.45) is 11.7 Å². The minimum atomic E-state index is -4.15. The Morgan fingerprint density at radius 1 is 1.38 bits per heavy atom. The van der Waals surface area contributed by atoms with Gasteiger partial charge in [-0.15, -0.1) is 0 Å². The second-order valence-electron chi connectivity index (χ2n) is 3.71. The first-order chi connectivity index (χ1) is 5.72. The summed E-state index contributed by atoms with van der Waals surface area (Å²) < 4.78 is 10.5. The fourth-order valence-electron chi connectivity index (χ4n) is 1.08. The Kier molecular flexibility index (Phi) is 5.10. The molecule has 13 heavy (non-hydrogen) atoms. The Morgan fingerprint density at radius 2 is 1.85 bits per heavy atom. The molecule has 5 N–H and O–H groups in total. The van der Waals surface area contributed by atoms with E-state index in [0.717, 1.165) is 0 Å². The van der Waals surface area contributed by atoms with Crippen LogP contribution in [0.2, 0.25) is 0 Å². The van der Waals surface area contributed by atoms with Gasteiger partial charge in [0.15, 0.2) is 0 Å². The lowest BCUT2D eigenvalue weighted by atomic mass is 10.0. The Morgan fingerprint density at radius 3 is 2.15 bits per heavy atom. The summed E-state index contributed by atoms with van der Waals surface area (Å²) in [4.78, 5) is 17.1. The van der Waals surface area contributed by atoms with Gasteiger partial charge in [0.05, 0.1) is 12.3 Å². The third kappa shape index (κ3) is 7.16. The lowest BCUT2D eigenvalue weighted by Gasteiger charge is -2.20. The van der Waals surface area contributed by atoms with Crippen molar-refractivity contribution >= 4 is 7.60 Å². The van der Waals surface area contributed by atoms with Crippen molar-refractivity contribution < 1.29 is 19.5 Å². The van der Waals surface area contributed by atoms with E-state index >= 15 is 0 Å². The molecular formula is C7H18NO4P. The van der Waals surface area contributed by atoms with E-state index in [-0.39, 0.29) is 0 Å². The SMILES string of the molecule is CC(C)C[C@@H](N)[C@@H](O)CP(=O)(O)O. The van der Waals surface area contributed by atoms with E-state index in [0.29, 0.717) is 12.3 Å². The van der Waals surface area contributed by atoms with Crippen LogP contribution in [0.4, 0.5) is 0 Å². The Hall–Kier alpha value is 0.0700. The van der Waals surface area contributed by atoms with Crippen LogP contribution >= 0.6 is 7.60 Å². The molecule has 80 valence electrons. The molecule has 0 aliphatic heterocycles. The average Bonchev–Trinajstić information content (AvgIpc) is 1.81. The fraction of sp³-hybridized carbons (Fsp3) is 1.00. The molecule has 0 fully saturated rings. The highest BCUT2D eigenvalue weighted by molar-refractivity contribution is 7.51. The van der Waals surface area contributed by atoms with Gasteiger partial charge in [-0.25, -0.2) is 0 Å². The van der Waals surface area contributed by atoms with Gasteiger partial charge in [-0.05, 0) is 12.3 Å². The largest absolute Gasteiger partial charge is 0.391 e. The molecule has 2 atom stereocenters. The van der Waals surface area contributed by atoms with E-state index in [9.17, 15) is 9.67 Å². The standard InChI is InChI=1S/C7H18NO4P/c1-5(2)3-6(8)7(9)4-13(10,11)12/h5-7,9H,3-4,8H2,1-2H3,(H2,10,11,12)/t6-,7+/m1/s1. The maximum absolute atomic E-state index is 10.5. The smallest absolute Gasteiger partial charge is 0.328 e. The minimum absolute atomic E-state index is 0.307. The van der Waals surface area contributed by atoms with Gasteiger partial charge in [-0.2, -0.15) is 0 Å². The van der Waals surface area contributed by atoms with Crippen LogP contribution < -0.4 is 5.73 Å². The summed E-state index contributed by atoms with van der Waals surface area (Å²) in [6, 6.07) is -0.562.